The van der Waals surface area contributed by atoms with Crippen LogP contribution in [0.25, 0.3) is 0 Å². The lowest BCUT2D eigenvalue weighted by atomic mass is 9.82. The molecule has 156 valence electrons. The number of aliphatic imine (C=N–C) groups is 1. The molecular formula is C21H33N3O3S. The van der Waals surface area contributed by atoms with Crippen LogP contribution in [0.2, 0.25) is 0 Å². The molecule has 1 aliphatic heterocycles. The minimum absolute atomic E-state index is 0.369. The van der Waals surface area contributed by atoms with Crippen molar-refractivity contribution in [3.05, 3.63) is 35.9 Å². The summed E-state index contributed by atoms with van der Waals surface area (Å²) in [7, 11) is -1.45. The Bertz CT molecular complexity index is 750. The molecule has 0 radical (unpaired) electrons. The van der Waals surface area contributed by atoms with Gasteiger partial charge in [0.25, 0.3) is 0 Å². The molecule has 6 nitrogen and oxygen atoms in total. The Balaban J connectivity index is 1.52. The van der Waals surface area contributed by atoms with Crippen molar-refractivity contribution in [1.29, 1.82) is 0 Å². The van der Waals surface area contributed by atoms with Crippen molar-refractivity contribution in [3.8, 4) is 0 Å². The zero-order valence-electron chi connectivity index (χ0n) is 17.0. The summed E-state index contributed by atoms with van der Waals surface area (Å²) in [5.74, 6) is 1.32. The van der Waals surface area contributed by atoms with Crippen molar-refractivity contribution in [1.82, 2.24) is 10.6 Å². The van der Waals surface area contributed by atoms with E-state index in [1.165, 1.54) is 11.8 Å². The van der Waals surface area contributed by atoms with Gasteiger partial charge in [0.2, 0.25) is 0 Å². The summed E-state index contributed by atoms with van der Waals surface area (Å²) >= 11 is 0. The summed E-state index contributed by atoms with van der Waals surface area (Å²) in [5.41, 5.74) is 1.43. The molecule has 2 aliphatic rings. The molecule has 0 unspecified atom stereocenters. The highest BCUT2D eigenvalue weighted by molar-refractivity contribution is 7.92. The molecule has 2 N–H and O–H groups in total. The fourth-order valence-corrected chi connectivity index (χ4v) is 5.59. The number of rotatable bonds is 5. The van der Waals surface area contributed by atoms with E-state index in [1.807, 2.05) is 0 Å². The van der Waals surface area contributed by atoms with Crippen molar-refractivity contribution >= 4 is 15.8 Å². The van der Waals surface area contributed by atoms with Crippen LogP contribution in [0, 0.1) is 0 Å². The zero-order valence-corrected chi connectivity index (χ0v) is 17.8. The van der Waals surface area contributed by atoms with Crippen LogP contribution in [0.15, 0.2) is 35.3 Å². The molecule has 1 saturated carbocycles. The second-order valence-corrected chi connectivity index (χ2v) is 10.5. The van der Waals surface area contributed by atoms with Crippen molar-refractivity contribution in [2.75, 3.05) is 33.1 Å². The van der Waals surface area contributed by atoms with Crippen molar-refractivity contribution in [2.45, 2.75) is 55.2 Å². The topological polar surface area (TPSA) is 79.8 Å². The molecule has 1 aromatic rings. The van der Waals surface area contributed by atoms with E-state index in [2.05, 4.69) is 46.0 Å². The van der Waals surface area contributed by atoms with E-state index in [4.69, 9.17) is 4.74 Å². The second-order valence-electron chi connectivity index (χ2n) is 8.10. The van der Waals surface area contributed by atoms with Gasteiger partial charge in [-0.25, -0.2) is 8.42 Å². The Morgan fingerprint density at radius 2 is 1.79 bits per heavy atom. The lowest BCUT2D eigenvalue weighted by Gasteiger charge is -2.36. The zero-order chi connectivity index (χ0) is 20.0. The highest BCUT2D eigenvalue weighted by Gasteiger charge is 2.42. The van der Waals surface area contributed by atoms with Gasteiger partial charge in [0, 0.05) is 39.1 Å². The molecule has 28 heavy (non-hydrogen) atoms. The van der Waals surface area contributed by atoms with Crippen LogP contribution in [0.3, 0.4) is 0 Å². The Morgan fingerprint density at radius 1 is 1.14 bits per heavy atom. The summed E-state index contributed by atoms with van der Waals surface area (Å²) in [6.07, 6.45) is 6.88. The predicted octanol–water partition coefficient (Wildman–Crippen LogP) is 2.47. The van der Waals surface area contributed by atoms with Crippen LogP contribution in [0.4, 0.5) is 0 Å². The molecular weight excluding hydrogens is 374 g/mol. The molecule has 0 aromatic heterocycles. The lowest BCUT2D eigenvalue weighted by Crippen LogP contribution is -2.54. The van der Waals surface area contributed by atoms with E-state index >= 15 is 0 Å². The lowest BCUT2D eigenvalue weighted by molar-refractivity contribution is 0.0756. The number of sulfone groups is 1. The Kier molecular flexibility index (Phi) is 6.99. The summed E-state index contributed by atoms with van der Waals surface area (Å²) in [6.45, 7) is 1.35. The van der Waals surface area contributed by atoms with Crippen molar-refractivity contribution < 1.29 is 13.2 Å². The Morgan fingerprint density at radius 3 is 2.36 bits per heavy atom. The number of guanidine groups is 1. The average molecular weight is 408 g/mol. The predicted molar refractivity (Wildman–Crippen MR) is 114 cm³/mol. The molecule has 7 heteroatoms. The quantitative estimate of drug-likeness (QED) is 0.579. The first-order valence-corrected chi connectivity index (χ1v) is 12.1. The largest absolute Gasteiger partial charge is 0.381 e. The minimum atomic E-state index is -3.19. The van der Waals surface area contributed by atoms with E-state index in [9.17, 15) is 8.42 Å². The molecule has 1 aliphatic carbocycles. The third-order valence-electron chi connectivity index (χ3n) is 6.33. The van der Waals surface area contributed by atoms with Crippen LogP contribution >= 0.6 is 0 Å². The first-order chi connectivity index (χ1) is 13.4. The first-order valence-electron chi connectivity index (χ1n) is 10.2. The summed E-state index contributed by atoms with van der Waals surface area (Å²) in [4.78, 5) is 4.33. The van der Waals surface area contributed by atoms with Crippen LogP contribution in [-0.4, -0.2) is 58.2 Å². The van der Waals surface area contributed by atoms with Crippen LogP contribution in [0.1, 0.15) is 50.0 Å². The van der Waals surface area contributed by atoms with Gasteiger partial charge in [-0.1, -0.05) is 30.3 Å². The highest BCUT2D eigenvalue weighted by atomic mass is 32.2. The third kappa shape index (κ3) is 5.06. The van der Waals surface area contributed by atoms with Gasteiger partial charge >= 0.3 is 0 Å². The fraction of sp³-hybridized carbons (Fsp3) is 0.667. The van der Waals surface area contributed by atoms with Crippen molar-refractivity contribution in [2.24, 2.45) is 4.99 Å². The van der Waals surface area contributed by atoms with Gasteiger partial charge in [-0.2, -0.15) is 0 Å². The van der Waals surface area contributed by atoms with Gasteiger partial charge in [0.15, 0.2) is 15.8 Å². The van der Waals surface area contributed by atoms with Crippen LogP contribution in [-0.2, 0) is 14.6 Å². The SMILES string of the molecule is CN=C(NCC1(S(C)(=O)=O)CCOCC1)NC1CCC(c2ccccc2)CC1. The highest BCUT2D eigenvalue weighted by Crippen LogP contribution is 2.33. The smallest absolute Gasteiger partial charge is 0.191 e. The molecule has 0 atom stereocenters. The van der Waals surface area contributed by atoms with E-state index < -0.39 is 14.6 Å². The van der Waals surface area contributed by atoms with Crippen LogP contribution in [0.5, 0.6) is 0 Å². The van der Waals surface area contributed by atoms with E-state index in [0.29, 0.717) is 50.5 Å². The number of benzene rings is 1. The van der Waals surface area contributed by atoms with Gasteiger partial charge in [0.05, 0.1) is 4.75 Å². The first kappa shape index (κ1) is 21.1. The maximum Gasteiger partial charge on any atom is 0.191 e. The maximum absolute atomic E-state index is 12.4. The Hall–Kier alpha value is -1.60. The van der Waals surface area contributed by atoms with Gasteiger partial charge in [0.1, 0.15) is 0 Å². The molecule has 0 bridgehead atoms. The molecule has 2 fully saturated rings. The van der Waals surface area contributed by atoms with E-state index in [1.54, 1.807) is 7.05 Å². The van der Waals surface area contributed by atoms with Gasteiger partial charge in [-0.3, -0.25) is 4.99 Å². The van der Waals surface area contributed by atoms with E-state index in [-0.39, 0.29) is 0 Å². The normalized spacial score (nSPS) is 25.9. The molecule has 3 rings (SSSR count). The van der Waals surface area contributed by atoms with E-state index in [0.717, 1.165) is 25.7 Å². The summed E-state index contributed by atoms with van der Waals surface area (Å²) in [6, 6.07) is 11.1. The number of hydrogen-bond donors (Lipinski definition) is 2. The van der Waals surface area contributed by atoms with Gasteiger partial charge in [-0.15, -0.1) is 0 Å². The standard InChI is InChI=1S/C21H33N3O3S/c1-22-20(23-16-21(28(2,25)26)12-14-27-15-13-21)24-19-10-8-18(9-11-19)17-6-4-3-5-7-17/h3-7,18-19H,8-16H2,1-2H3,(H2,22,23,24). The average Bonchev–Trinajstić information content (AvgIpc) is 2.72. The maximum atomic E-state index is 12.4. The van der Waals surface area contributed by atoms with Gasteiger partial charge in [-0.05, 0) is 50.0 Å². The molecule has 1 saturated heterocycles. The second kappa shape index (κ2) is 9.27. The molecule has 0 spiro atoms. The molecule has 1 heterocycles. The number of nitrogens with one attached hydrogen (secondary N) is 2. The summed E-state index contributed by atoms with van der Waals surface area (Å²) < 4.78 is 29.4. The fourth-order valence-electron chi connectivity index (χ4n) is 4.35. The van der Waals surface area contributed by atoms with Gasteiger partial charge < -0.3 is 15.4 Å². The monoisotopic (exact) mass is 407 g/mol. The molecule has 1 aromatic carbocycles. The molecule has 0 amide bonds. The minimum Gasteiger partial charge on any atom is -0.381 e. The number of nitrogens with zero attached hydrogens (tertiary/aromatic N) is 1. The third-order valence-corrected chi connectivity index (χ3v) is 8.46. The number of hydrogen-bond acceptors (Lipinski definition) is 4. The summed E-state index contributed by atoms with van der Waals surface area (Å²) in [5, 5.41) is 6.78. The Labute approximate surface area is 169 Å². The van der Waals surface area contributed by atoms with Crippen LogP contribution < -0.4 is 10.6 Å². The number of ether oxygens (including phenoxy) is 1. The van der Waals surface area contributed by atoms with Crippen molar-refractivity contribution in [3.63, 3.8) is 0 Å².